The lowest BCUT2D eigenvalue weighted by atomic mass is 10.0. The van der Waals surface area contributed by atoms with Gasteiger partial charge in [-0.1, -0.05) is 0 Å². The van der Waals surface area contributed by atoms with Crippen LogP contribution in [0.25, 0.3) is 11.3 Å². The van der Waals surface area contributed by atoms with Crippen LogP contribution in [0.5, 0.6) is 0 Å². The molecule has 1 amide bonds. The Labute approximate surface area is 192 Å². The Morgan fingerprint density at radius 2 is 1.91 bits per heavy atom. The van der Waals surface area contributed by atoms with Crippen molar-refractivity contribution >= 4 is 23.8 Å². The molecule has 11 nitrogen and oxygen atoms in total. The average Bonchev–Trinajstić information content (AvgIpc) is 3.11. The van der Waals surface area contributed by atoms with E-state index in [1.807, 2.05) is 0 Å². The second-order valence-corrected chi connectivity index (χ2v) is 8.63. The number of hydrogen-bond acceptors (Lipinski definition) is 10. The zero-order valence-corrected chi connectivity index (χ0v) is 18.5. The summed E-state index contributed by atoms with van der Waals surface area (Å²) >= 11 is 0. The molecule has 2 aliphatic rings. The summed E-state index contributed by atoms with van der Waals surface area (Å²) in [5.41, 5.74) is 2.53. The summed E-state index contributed by atoms with van der Waals surface area (Å²) in [5, 5.41) is 10.1. The molecule has 34 heavy (non-hydrogen) atoms. The number of nitrogens with two attached hydrogens (primary N) is 1. The zero-order valence-electron chi connectivity index (χ0n) is 18.5. The maximum absolute atomic E-state index is 13.7. The van der Waals surface area contributed by atoms with Gasteiger partial charge in [0.2, 0.25) is 11.9 Å². The Bertz CT molecular complexity index is 1070. The lowest BCUT2D eigenvalue weighted by molar-refractivity contribution is -0.140. The Morgan fingerprint density at radius 3 is 2.56 bits per heavy atom. The van der Waals surface area contributed by atoms with Gasteiger partial charge in [-0.3, -0.25) is 4.90 Å². The first-order valence-corrected chi connectivity index (χ1v) is 10.5. The van der Waals surface area contributed by atoms with Crippen molar-refractivity contribution in [3.05, 3.63) is 18.0 Å². The molecule has 184 valence electrons. The number of hydrogen-bond donors (Lipinski definition) is 2. The molecule has 0 bridgehead atoms. The van der Waals surface area contributed by atoms with Crippen molar-refractivity contribution in [1.29, 1.82) is 0 Å². The van der Waals surface area contributed by atoms with Gasteiger partial charge in [-0.25, -0.2) is 19.7 Å². The predicted molar refractivity (Wildman–Crippen MR) is 114 cm³/mol. The number of carbonyl (C=O) groups excluding carboxylic acids is 1. The third-order valence-electron chi connectivity index (χ3n) is 5.22. The lowest BCUT2D eigenvalue weighted by Crippen LogP contribution is -2.38. The molecule has 0 aliphatic carbocycles. The van der Waals surface area contributed by atoms with E-state index >= 15 is 0 Å². The smallest absolute Gasteiger partial charge is 0.434 e. The van der Waals surface area contributed by atoms with Crippen molar-refractivity contribution < 1.29 is 32.5 Å². The largest absolute Gasteiger partial charge is 0.444 e. The minimum absolute atomic E-state index is 0.0553. The fourth-order valence-corrected chi connectivity index (χ4v) is 3.77. The van der Waals surface area contributed by atoms with Gasteiger partial charge in [0.15, 0.2) is 5.69 Å². The number of amides is 1. The number of cyclic esters (lactones) is 1. The van der Waals surface area contributed by atoms with Gasteiger partial charge in [0.1, 0.15) is 11.9 Å². The number of alkyl halides is 3. The highest BCUT2D eigenvalue weighted by Crippen LogP contribution is 2.37. The molecule has 14 heteroatoms. The summed E-state index contributed by atoms with van der Waals surface area (Å²) in [5.74, 6) is -0.351. The van der Waals surface area contributed by atoms with Crippen LogP contribution in [-0.2, 0) is 15.7 Å². The molecule has 4 heterocycles. The number of ether oxygens (including phenoxy) is 2. The predicted octanol–water partition coefficient (Wildman–Crippen LogP) is 1.86. The molecule has 0 aromatic carbocycles. The monoisotopic (exact) mass is 483 g/mol. The third-order valence-corrected chi connectivity index (χ3v) is 5.22. The van der Waals surface area contributed by atoms with Gasteiger partial charge >= 0.3 is 12.3 Å². The van der Waals surface area contributed by atoms with Crippen molar-refractivity contribution in [2.75, 3.05) is 48.4 Å². The highest BCUT2D eigenvalue weighted by atomic mass is 19.4. The molecular formula is C20H24F3N7O4. The number of aromatic nitrogens is 4. The van der Waals surface area contributed by atoms with Gasteiger partial charge < -0.3 is 25.2 Å². The normalized spacial score (nSPS) is 19.5. The number of halogens is 3. The molecule has 2 fully saturated rings. The zero-order chi connectivity index (χ0) is 24.7. The van der Waals surface area contributed by atoms with Crippen molar-refractivity contribution in [2.24, 2.45) is 0 Å². The Kier molecular flexibility index (Phi) is 6.20. The summed E-state index contributed by atoms with van der Waals surface area (Å²) in [6, 6.07) is 1.25. The molecular weight excluding hydrogens is 459 g/mol. The molecule has 3 N–H and O–H groups in total. The van der Waals surface area contributed by atoms with Crippen molar-refractivity contribution in [3.63, 3.8) is 0 Å². The molecule has 2 aromatic heterocycles. The van der Waals surface area contributed by atoms with Crippen LogP contribution in [-0.4, -0.2) is 75.7 Å². The van der Waals surface area contributed by atoms with Crippen LogP contribution >= 0.6 is 0 Å². The molecule has 2 aliphatic heterocycles. The second kappa shape index (κ2) is 8.83. The number of morpholine rings is 1. The Morgan fingerprint density at radius 1 is 1.21 bits per heavy atom. The summed E-state index contributed by atoms with van der Waals surface area (Å²) in [6.45, 7) is 4.84. The summed E-state index contributed by atoms with van der Waals surface area (Å²) in [7, 11) is 0. The van der Waals surface area contributed by atoms with E-state index in [1.165, 1.54) is 11.0 Å². The van der Waals surface area contributed by atoms with Crippen LogP contribution in [0.1, 0.15) is 26.0 Å². The van der Waals surface area contributed by atoms with Crippen molar-refractivity contribution in [3.8, 4) is 11.3 Å². The standard InChI is InChI=1S/C20H24F3N7O4/c1-19(2,32)8-11-10-30(18(31)34-11)14-7-13(26-17(27-14)29-3-5-33-6-4-29)12-9-25-16(24)28-15(12)20(21,22)23/h7,9,11,32H,3-6,8,10H2,1-2H3,(H2,24,25,28). The first-order chi connectivity index (χ1) is 15.9. The SMILES string of the molecule is CC(C)(O)CC1CN(c2cc(-c3cnc(N)nc3C(F)(F)F)nc(N3CCOCC3)n2)C(=O)O1. The lowest BCUT2D eigenvalue weighted by Gasteiger charge is -2.28. The first kappa shape index (κ1) is 23.9. The van der Waals surface area contributed by atoms with Gasteiger partial charge in [-0.05, 0) is 13.8 Å². The van der Waals surface area contributed by atoms with Crippen LogP contribution in [0.4, 0.5) is 35.7 Å². The van der Waals surface area contributed by atoms with Gasteiger partial charge in [0.05, 0.1) is 31.1 Å². The van der Waals surface area contributed by atoms with Crippen LogP contribution in [0.2, 0.25) is 0 Å². The minimum Gasteiger partial charge on any atom is -0.444 e. The van der Waals surface area contributed by atoms with Crippen LogP contribution in [0, 0.1) is 0 Å². The first-order valence-electron chi connectivity index (χ1n) is 10.5. The van der Waals surface area contributed by atoms with E-state index in [0.29, 0.717) is 26.3 Å². The van der Waals surface area contributed by atoms with E-state index in [-0.39, 0.29) is 30.4 Å². The Hall–Kier alpha value is -3.26. The van der Waals surface area contributed by atoms with Gasteiger partial charge in [-0.2, -0.15) is 18.2 Å². The number of nitrogens with zero attached hydrogens (tertiary/aromatic N) is 6. The van der Waals surface area contributed by atoms with E-state index in [2.05, 4.69) is 19.9 Å². The molecule has 1 unspecified atom stereocenters. The maximum Gasteiger partial charge on any atom is 0.434 e. The molecule has 4 rings (SSSR count). The fraction of sp³-hybridized carbons (Fsp3) is 0.550. The minimum atomic E-state index is -4.82. The molecule has 2 saturated heterocycles. The second-order valence-electron chi connectivity index (χ2n) is 8.63. The summed E-state index contributed by atoms with van der Waals surface area (Å²) in [6.07, 6.45) is -5.05. The number of aliphatic hydroxyl groups is 1. The fourth-order valence-electron chi connectivity index (χ4n) is 3.77. The van der Waals surface area contributed by atoms with E-state index < -0.39 is 41.2 Å². The maximum atomic E-state index is 13.7. The van der Waals surface area contributed by atoms with Crippen LogP contribution < -0.4 is 15.5 Å². The molecule has 1 atom stereocenters. The Balaban J connectivity index is 1.78. The van der Waals surface area contributed by atoms with E-state index in [0.717, 1.165) is 6.20 Å². The molecule has 0 saturated carbocycles. The van der Waals surface area contributed by atoms with E-state index in [1.54, 1.807) is 18.7 Å². The highest BCUT2D eigenvalue weighted by Gasteiger charge is 2.39. The van der Waals surface area contributed by atoms with E-state index in [9.17, 15) is 23.1 Å². The third kappa shape index (κ3) is 5.28. The quantitative estimate of drug-likeness (QED) is 0.648. The number of anilines is 3. The number of rotatable bonds is 5. The van der Waals surface area contributed by atoms with Crippen molar-refractivity contribution in [1.82, 2.24) is 19.9 Å². The van der Waals surface area contributed by atoms with Crippen LogP contribution in [0.3, 0.4) is 0 Å². The van der Waals surface area contributed by atoms with Gasteiger partial charge in [0.25, 0.3) is 0 Å². The highest BCUT2D eigenvalue weighted by molar-refractivity contribution is 5.89. The number of nitrogen functional groups attached to an aromatic ring is 1. The molecule has 2 aromatic rings. The number of carbonyl (C=O) groups is 1. The van der Waals surface area contributed by atoms with Gasteiger partial charge in [-0.15, -0.1) is 0 Å². The topological polar surface area (TPSA) is 140 Å². The van der Waals surface area contributed by atoms with E-state index in [4.69, 9.17) is 15.2 Å². The molecule has 0 spiro atoms. The van der Waals surface area contributed by atoms with Crippen molar-refractivity contribution in [2.45, 2.75) is 38.1 Å². The van der Waals surface area contributed by atoms with Crippen LogP contribution in [0.15, 0.2) is 12.3 Å². The molecule has 0 radical (unpaired) electrons. The van der Waals surface area contributed by atoms with Gasteiger partial charge in [0, 0.05) is 37.3 Å². The summed E-state index contributed by atoms with van der Waals surface area (Å²) in [4.78, 5) is 31.4. The summed E-state index contributed by atoms with van der Waals surface area (Å²) < 4.78 is 51.8. The average molecular weight is 483 g/mol.